The van der Waals surface area contributed by atoms with Gasteiger partial charge in [0.25, 0.3) is 5.91 Å². The highest BCUT2D eigenvalue weighted by molar-refractivity contribution is 7.17. The second-order valence-corrected chi connectivity index (χ2v) is 5.98. The van der Waals surface area contributed by atoms with Crippen LogP contribution < -0.4 is 5.32 Å². The number of hydrogen-bond acceptors (Lipinski definition) is 7. The molecule has 0 radical (unpaired) electrons. The van der Waals surface area contributed by atoms with Gasteiger partial charge in [-0.2, -0.15) is 0 Å². The summed E-state index contributed by atoms with van der Waals surface area (Å²) in [7, 11) is 0. The zero-order valence-corrected chi connectivity index (χ0v) is 13.6. The molecule has 7 nitrogen and oxygen atoms in total. The van der Waals surface area contributed by atoms with E-state index in [-0.39, 0.29) is 11.9 Å². The van der Waals surface area contributed by atoms with E-state index in [2.05, 4.69) is 20.4 Å². The third-order valence-corrected chi connectivity index (χ3v) is 4.41. The van der Waals surface area contributed by atoms with E-state index in [9.17, 15) is 4.79 Å². The topological polar surface area (TPSA) is 85.7 Å². The summed E-state index contributed by atoms with van der Waals surface area (Å²) in [5.41, 5.74) is 1.57. The Balaban J connectivity index is 1.75. The number of pyridine rings is 1. The summed E-state index contributed by atoms with van der Waals surface area (Å²) in [6.45, 7) is 4.47. The van der Waals surface area contributed by atoms with Crippen LogP contribution in [0.2, 0.25) is 0 Å². The second kappa shape index (κ2) is 6.74. The fraction of sp³-hybridized carbons (Fsp3) is 0.333. The predicted octanol–water partition coefficient (Wildman–Crippen LogP) is 1.99. The molecule has 0 fully saturated rings. The molecular formula is C15H16N4O3S. The van der Waals surface area contributed by atoms with Crippen LogP contribution in [0.25, 0.3) is 10.6 Å². The maximum atomic E-state index is 12.5. The summed E-state index contributed by atoms with van der Waals surface area (Å²) >= 11 is 1.33. The van der Waals surface area contributed by atoms with Crippen molar-refractivity contribution in [2.24, 2.45) is 5.16 Å². The molecule has 0 aromatic carbocycles. The van der Waals surface area contributed by atoms with Gasteiger partial charge >= 0.3 is 0 Å². The minimum Gasteiger partial charge on any atom is -0.473 e. The largest absolute Gasteiger partial charge is 0.473 e. The zero-order chi connectivity index (χ0) is 16.2. The molecule has 0 bridgehead atoms. The van der Waals surface area contributed by atoms with Gasteiger partial charge in [0.05, 0.1) is 5.69 Å². The molecule has 1 unspecified atom stereocenters. The Bertz CT molecular complexity index is 730. The number of ether oxygens (including phenoxy) is 1. The van der Waals surface area contributed by atoms with Gasteiger partial charge in [0, 0.05) is 18.0 Å². The highest BCUT2D eigenvalue weighted by Gasteiger charge is 2.22. The van der Waals surface area contributed by atoms with Crippen molar-refractivity contribution in [2.45, 2.75) is 19.9 Å². The number of nitrogens with one attached hydrogen (secondary N) is 1. The molecule has 0 spiro atoms. The Labute approximate surface area is 137 Å². The van der Waals surface area contributed by atoms with E-state index in [1.165, 1.54) is 11.3 Å². The summed E-state index contributed by atoms with van der Waals surface area (Å²) in [4.78, 5) is 26.5. The molecule has 1 N–H and O–H groups in total. The van der Waals surface area contributed by atoms with Crippen LogP contribution in [0.3, 0.4) is 0 Å². The number of aromatic nitrogens is 2. The van der Waals surface area contributed by atoms with Crippen molar-refractivity contribution in [3.63, 3.8) is 0 Å². The predicted molar refractivity (Wildman–Crippen MR) is 86.3 cm³/mol. The number of thiazole rings is 1. The summed E-state index contributed by atoms with van der Waals surface area (Å²) in [5.74, 6) is 0.166. The Morgan fingerprint density at radius 3 is 3.00 bits per heavy atom. The minimum atomic E-state index is -0.369. The first-order valence-electron chi connectivity index (χ1n) is 7.16. The number of carbonyl (C=O) groups excluding carboxylic acids is 1. The normalized spacial score (nSPS) is 15.1. The van der Waals surface area contributed by atoms with Gasteiger partial charge in [-0.15, -0.1) is 11.3 Å². The van der Waals surface area contributed by atoms with Crippen LogP contribution in [0, 0.1) is 6.92 Å². The van der Waals surface area contributed by atoms with Gasteiger partial charge in [0.1, 0.15) is 22.5 Å². The molecule has 1 aliphatic heterocycles. The standard InChI is InChI=1S/C15H16N4O3S/c1-9-12(23-15(18-9)11-4-3-5-16-8-11)13(20)17-10(2)14-19-22-7-6-21-14/h3-5,8,10H,6-7H2,1-2H3,(H,17,20). The number of carbonyl (C=O) groups is 1. The van der Waals surface area contributed by atoms with Crippen molar-refractivity contribution in [1.29, 1.82) is 0 Å². The Morgan fingerprint density at radius 2 is 2.30 bits per heavy atom. The molecule has 0 saturated heterocycles. The lowest BCUT2D eigenvalue weighted by Gasteiger charge is -2.19. The molecule has 0 aliphatic carbocycles. The molecule has 3 rings (SSSR count). The smallest absolute Gasteiger partial charge is 0.263 e. The van der Waals surface area contributed by atoms with E-state index in [4.69, 9.17) is 9.57 Å². The molecule has 3 heterocycles. The van der Waals surface area contributed by atoms with Crippen molar-refractivity contribution >= 4 is 23.1 Å². The molecule has 1 aliphatic rings. The SMILES string of the molecule is Cc1nc(-c2cccnc2)sc1C(=O)NC(C)C1=NOCCO1. The van der Waals surface area contributed by atoms with Crippen molar-refractivity contribution < 1.29 is 14.4 Å². The van der Waals surface area contributed by atoms with Gasteiger partial charge in [-0.25, -0.2) is 4.98 Å². The Morgan fingerprint density at radius 1 is 1.43 bits per heavy atom. The maximum Gasteiger partial charge on any atom is 0.263 e. The van der Waals surface area contributed by atoms with E-state index in [0.29, 0.717) is 29.7 Å². The molecule has 2 aromatic rings. The first kappa shape index (κ1) is 15.4. The third-order valence-electron chi connectivity index (χ3n) is 3.21. The molecule has 0 saturated carbocycles. The van der Waals surface area contributed by atoms with Crippen LogP contribution in [0.15, 0.2) is 29.7 Å². The van der Waals surface area contributed by atoms with E-state index in [1.807, 2.05) is 19.1 Å². The average molecular weight is 332 g/mol. The van der Waals surface area contributed by atoms with E-state index in [0.717, 1.165) is 10.6 Å². The highest BCUT2D eigenvalue weighted by atomic mass is 32.1. The number of oxime groups is 1. The molecule has 2 aromatic heterocycles. The molecule has 23 heavy (non-hydrogen) atoms. The lowest BCUT2D eigenvalue weighted by molar-refractivity contribution is 0.0588. The van der Waals surface area contributed by atoms with Crippen LogP contribution in [0.1, 0.15) is 22.3 Å². The fourth-order valence-electron chi connectivity index (χ4n) is 2.07. The van der Waals surface area contributed by atoms with Crippen LogP contribution in [-0.2, 0) is 9.57 Å². The monoisotopic (exact) mass is 332 g/mol. The quantitative estimate of drug-likeness (QED) is 0.925. The van der Waals surface area contributed by atoms with Crippen molar-refractivity contribution in [3.05, 3.63) is 35.1 Å². The summed E-state index contributed by atoms with van der Waals surface area (Å²) < 4.78 is 5.37. The van der Waals surface area contributed by atoms with E-state index in [1.54, 1.807) is 19.3 Å². The van der Waals surface area contributed by atoms with E-state index >= 15 is 0 Å². The fourth-order valence-corrected chi connectivity index (χ4v) is 3.03. The number of nitrogens with zero attached hydrogens (tertiary/aromatic N) is 3. The molecule has 8 heteroatoms. The van der Waals surface area contributed by atoms with Crippen LogP contribution in [0.5, 0.6) is 0 Å². The first-order valence-corrected chi connectivity index (χ1v) is 7.98. The Hall–Kier alpha value is -2.48. The molecule has 1 atom stereocenters. The minimum absolute atomic E-state index is 0.209. The van der Waals surface area contributed by atoms with Crippen LogP contribution >= 0.6 is 11.3 Å². The number of rotatable bonds is 4. The van der Waals surface area contributed by atoms with Crippen LogP contribution in [0.4, 0.5) is 0 Å². The molecule has 1 amide bonds. The van der Waals surface area contributed by atoms with Crippen LogP contribution in [-0.4, -0.2) is 41.0 Å². The van der Waals surface area contributed by atoms with Crippen molar-refractivity contribution in [2.75, 3.05) is 13.2 Å². The third kappa shape index (κ3) is 3.48. The zero-order valence-electron chi connectivity index (χ0n) is 12.8. The van der Waals surface area contributed by atoms with Gasteiger partial charge in [-0.1, -0.05) is 0 Å². The van der Waals surface area contributed by atoms with Gasteiger partial charge < -0.3 is 14.9 Å². The average Bonchev–Trinajstić information content (AvgIpc) is 2.98. The molecule has 120 valence electrons. The number of aryl methyl sites for hydroxylation is 1. The molecular weight excluding hydrogens is 316 g/mol. The first-order chi connectivity index (χ1) is 11.1. The van der Waals surface area contributed by atoms with Gasteiger partial charge in [0.2, 0.25) is 5.90 Å². The lowest BCUT2D eigenvalue weighted by atomic mass is 10.3. The summed E-state index contributed by atoms with van der Waals surface area (Å²) in [5, 5.41) is 7.43. The number of hydrogen-bond donors (Lipinski definition) is 1. The Kier molecular flexibility index (Phi) is 4.52. The number of amides is 1. The van der Waals surface area contributed by atoms with Gasteiger partial charge in [-0.3, -0.25) is 9.78 Å². The second-order valence-electron chi connectivity index (χ2n) is 4.98. The summed E-state index contributed by atoms with van der Waals surface area (Å²) in [6, 6.07) is 3.38. The lowest BCUT2D eigenvalue weighted by Crippen LogP contribution is -2.41. The highest BCUT2D eigenvalue weighted by Crippen LogP contribution is 2.27. The van der Waals surface area contributed by atoms with Crippen molar-refractivity contribution in [3.8, 4) is 10.6 Å². The van der Waals surface area contributed by atoms with Crippen molar-refractivity contribution in [1.82, 2.24) is 15.3 Å². The van der Waals surface area contributed by atoms with Gasteiger partial charge in [0.15, 0.2) is 6.61 Å². The van der Waals surface area contributed by atoms with Gasteiger partial charge in [-0.05, 0) is 31.1 Å². The summed E-state index contributed by atoms with van der Waals surface area (Å²) in [6.07, 6.45) is 3.43. The van der Waals surface area contributed by atoms with E-state index < -0.39 is 0 Å². The maximum absolute atomic E-state index is 12.5.